The Kier molecular flexibility index (Phi) is 3.71. The molecule has 17 heavy (non-hydrogen) atoms. The van der Waals surface area contributed by atoms with Crippen LogP contribution in [0.15, 0.2) is 59.6 Å². The number of benzene rings is 2. The highest BCUT2D eigenvalue weighted by atomic mass is 14.7. The molecule has 86 valence electrons. The zero-order valence-electron chi connectivity index (χ0n) is 10.4. The second-order valence-electron chi connectivity index (χ2n) is 4.05. The third-order valence-electron chi connectivity index (χ3n) is 2.85. The number of aryl methyl sites for hydroxylation is 1. The molecule has 2 rings (SSSR count). The van der Waals surface area contributed by atoms with Crippen molar-refractivity contribution in [3.63, 3.8) is 0 Å². The normalized spacial score (nSPS) is 11.5. The van der Waals surface area contributed by atoms with E-state index in [1.807, 2.05) is 24.3 Å². The maximum absolute atomic E-state index is 4.72. The van der Waals surface area contributed by atoms with E-state index in [9.17, 15) is 0 Å². The summed E-state index contributed by atoms with van der Waals surface area (Å²) in [4.78, 5) is 4.72. The Morgan fingerprint density at radius 2 is 1.59 bits per heavy atom. The summed E-state index contributed by atoms with van der Waals surface area (Å²) in [7, 11) is 0. The smallest absolute Gasteiger partial charge is 0.0664 e. The van der Waals surface area contributed by atoms with Gasteiger partial charge in [0.1, 0.15) is 0 Å². The lowest BCUT2D eigenvalue weighted by Crippen LogP contribution is -1.93. The molecule has 2 aromatic carbocycles. The van der Waals surface area contributed by atoms with Crippen LogP contribution in [0.1, 0.15) is 25.0 Å². The summed E-state index contributed by atoms with van der Waals surface area (Å²) in [6.45, 7) is 4.22. The molecule has 0 amide bonds. The van der Waals surface area contributed by atoms with Crippen LogP contribution >= 0.6 is 0 Å². The average Bonchev–Trinajstić information content (AvgIpc) is 2.40. The molecule has 0 spiro atoms. The second kappa shape index (κ2) is 5.44. The van der Waals surface area contributed by atoms with Gasteiger partial charge in [0.25, 0.3) is 0 Å². The highest BCUT2D eigenvalue weighted by Crippen LogP contribution is 2.20. The minimum absolute atomic E-state index is 1.02. The quantitative estimate of drug-likeness (QED) is 0.684. The first-order valence-corrected chi connectivity index (χ1v) is 6.00. The fraction of sp³-hybridized carbons (Fsp3) is 0.188. The van der Waals surface area contributed by atoms with E-state index in [1.54, 1.807) is 0 Å². The highest BCUT2D eigenvalue weighted by molar-refractivity contribution is 6.00. The summed E-state index contributed by atoms with van der Waals surface area (Å²) in [6.07, 6.45) is 1.02. The number of aliphatic imine (C=N–C) groups is 1. The predicted octanol–water partition coefficient (Wildman–Crippen LogP) is 4.39. The first-order valence-electron chi connectivity index (χ1n) is 6.00. The molecule has 0 saturated heterocycles. The zero-order chi connectivity index (χ0) is 12.1. The van der Waals surface area contributed by atoms with Crippen molar-refractivity contribution in [2.24, 2.45) is 4.99 Å². The molecule has 2 aromatic rings. The summed E-state index contributed by atoms with van der Waals surface area (Å²) in [6, 6.07) is 18.6. The van der Waals surface area contributed by atoms with Crippen molar-refractivity contribution in [2.75, 3.05) is 0 Å². The predicted molar refractivity (Wildman–Crippen MR) is 74.1 cm³/mol. The van der Waals surface area contributed by atoms with Gasteiger partial charge in [-0.25, -0.2) is 0 Å². The Hall–Kier alpha value is -1.89. The first-order chi connectivity index (χ1) is 8.31. The number of rotatable bonds is 3. The lowest BCUT2D eigenvalue weighted by molar-refractivity contribution is 1.13. The largest absolute Gasteiger partial charge is 0.253 e. The fourth-order valence-electron chi connectivity index (χ4n) is 1.84. The molecule has 0 atom stereocenters. The molecule has 0 unspecified atom stereocenters. The molecular weight excluding hydrogens is 206 g/mol. The third kappa shape index (κ3) is 2.82. The van der Waals surface area contributed by atoms with Gasteiger partial charge in [-0.3, -0.25) is 4.99 Å². The van der Waals surface area contributed by atoms with Crippen LogP contribution < -0.4 is 0 Å². The summed E-state index contributed by atoms with van der Waals surface area (Å²) in [5.74, 6) is 0. The minimum atomic E-state index is 1.02. The lowest BCUT2D eigenvalue weighted by Gasteiger charge is -2.05. The monoisotopic (exact) mass is 223 g/mol. The molecule has 1 heteroatoms. The van der Waals surface area contributed by atoms with Gasteiger partial charge < -0.3 is 0 Å². The molecule has 0 heterocycles. The fourth-order valence-corrected chi connectivity index (χ4v) is 1.84. The first kappa shape index (κ1) is 11.6. The van der Waals surface area contributed by atoms with Gasteiger partial charge in [0.15, 0.2) is 0 Å². The Bertz CT molecular complexity index is 512. The molecular formula is C16H17N. The average molecular weight is 223 g/mol. The van der Waals surface area contributed by atoms with E-state index < -0.39 is 0 Å². The van der Waals surface area contributed by atoms with E-state index in [-0.39, 0.29) is 0 Å². The molecule has 0 aromatic heterocycles. The van der Waals surface area contributed by atoms with Crippen molar-refractivity contribution in [3.05, 3.63) is 65.7 Å². The molecule has 0 bridgehead atoms. The van der Waals surface area contributed by atoms with Gasteiger partial charge in [-0.1, -0.05) is 55.5 Å². The van der Waals surface area contributed by atoms with Crippen LogP contribution in [0.4, 0.5) is 5.69 Å². The molecule has 0 N–H and O–H groups in total. The van der Waals surface area contributed by atoms with E-state index >= 15 is 0 Å². The Balaban J connectivity index is 2.36. The van der Waals surface area contributed by atoms with Gasteiger partial charge in [0.05, 0.1) is 5.69 Å². The van der Waals surface area contributed by atoms with Crippen LogP contribution in [-0.2, 0) is 6.42 Å². The van der Waals surface area contributed by atoms with Crippen molar-refractivity contribution >= 4 is 11.4 Å². The molecule has 0 saturated carbocycles. The SMILES string of the molecule is CCc1ccccc1/N=C(/C)c1ccccc1. The number of nitrogens with zero attached hydrogens (tertiary/aromatic N) is 1. The zero-order valence-corrected chi connectivity index (χ0v) is 10.4. The van der Waals surface area contributed by atoms with Gasteiger partial charge in [-0.2, -0.15) is 0 Å². The van der Waals surface area contributed by atoms with Crippen molar-refractivity contribution in [2.45, 2.75) is 20.3 Å². The summed E-state index contributed by atoms with van der Waals surface area (Å²) in [5.41, 5.74) is 4.61. The van der Waals surface area contributed by atoms with Gasteiger partial charge >= 0.3 is 0 Å². The summed E-state index contributed by atoms with van der Waals surface area (Å²) >= 11 is 0. The molecule has 0 fully saturated rings. The summed E-state index contributed by atoms with van der Waals surface area (Å²) in [5, 5.41) is 0. The second-order valence-corrected chi connectivity index (χ2v) is 4.05. The van der Waals surface area contributed by atoms with E-state index in [0.29, 0.717) is 0 Å². The number of hydrogen-bond donors (Lipinski definition) is 0. The van der Waals surface area contributed by atoms with E-state index in [2.05, 4.69) is 44.2 Å². The van der Waals surface area contributed by atoms with Crippen LogP contribution in [0.5, 0.6) is 0 Å². The topological polar surface area (TPSA) is 12.4 Å². The van der Waals surface area contributed by atoms with Crippen LogP contribution in [0.25, 0.3) is 0 Å². The van der Waals surface area contributed by atoms with Crippen LogP contribution in [-0.4, -0.2) is 5.71 Å². The molecule has 0 radical (unpaired) electrons. The highest BCUT2D eigenvalue weighted by Gasteiger charge is 2.00. The number of hydrogen-bond acceptors (Lipinski definition) is 1. The van der Waals surface area contributed by atoms with Gasteiger partial charge in [0, 0.05) is 5.71 Å². The number of para-hydroxylation sites is 1. The van der Waals surface area contributed by atoms with E-state index in [1.165, 1.54) is 11.1 Å². The standard InChI is InChI=1S/C16H17N/c1-3-14-9-7-8-12-16(14)17-13(2)15-10-5-4-6-11-15/h4-12H,3H2,1-2H3/b17-13-. The van der Waals surface area contributed by atoms with Crippen molar-refractivity contribution in [3.8, 4) is 0 Å². The van der Waals surface area contributed by atoms with Gasteiger partial charge in [0.2, 0.25) is 0 Å². The molecule has 0 aliphatic rings. The van der Waals surface area contributed by atoms with Crippen molar-refractivity contribution in [1.82, 2.24) is 0 Å². The van der Waals surface area contributed by atoms with Crippen LogP contribution in [0.3, 0.4) is 0 Å². The van der Waals surface area contributed by atoms with Crippen molar-refractivity contribution in [1.29, 1.82) is 0 Å². The molecule has 0 aliphatic carbocycles. The summed E-state index contributed by atoms with van der Waals surface area (Å²) < 4.78 is 0. The maximum Gasteiger partial charge on any atom is 0.0664 e. The van der Waals surface area contributed by atoms with E-state index in [0.717, 1.165) is 17.8 Å². The van der Waals surface area contributed by atoms with Crippen LogP contribution in [0.2, 0.25) is 0 Å². The Morgan fingerprint density at radius 3 is 2.29 bits per heavy atom. The van der Waals surface area contributed by atoms with E-state index in [4.69, 9.17) is 4.99 Å². The third-order valence-corrected chi connectivity index (χ3v) is 2.85. The van der Waals surface area contributed by atoms with Crippen LogP contribution in [0, 0.1) is 0 Å². The Labute approximate surface area is 103 Å². The minimum Gasteiger partial charge on any atom is -0.253 e. The van der Waals surface area contributed by atoms with Crippen molar-refractivity contribution < 1.29 is 0 Å². The maximum atomic E-state index is 4.72. The van der Waals surface area contributed by atoms with Gasteiger partial charge in [-0.15, -0.1) is 0 Å². The molecule has 0 aliphatic heterocycles. The lowest BCUT2D eigenvalue weighted by atomic mass is 10.1. The van der Waals surface area contributed by atoms with Gasteiger partial charge in [-0.05, 0) is 30.5 Å². The molecule has 1 nitrogen and oxygen atoms in total. The Morgan fingerprint density at radius 1 is 0.941 bits per heavy atom.